The first-order valence-corrected chi connectivity index (χ1v) is 6.94. The summed E-state index contributed by atoms with van der Waals surface area (Å²) < 4.78 is 35.7. The van der Waals surface area contributed by atoms with Crippen LogP contribution in [0.2, 0.25) is 0 Å². The molecule has 0 saturated heterocycles. The number of carbonyl (C=O) groups is 1. The lowest BCUT2D eigenvalue weighted by atomic mass is 9.80. The lowest BCUT2D eigenvalue weighted by Gasteiger charge is -2.27. The van der Waals surface area contributed by atoms with Crippen LogP contribution in [0.25, 0.3) is 0 Å². The highest BCUT2D eigenvalue weighted by Gasteiger charge is 2.26. The Bertz CT molecular complexity index is 274. The first-order valence-electron chi connectivity index (χ1n) is 6.94. The third-order valence-corrected chi connectivity index (χ3v) is 3.73. The Morgan fingerprint density at radius 3 is 2.26 bits per heavy atom. The molecule has 0 aromatic rings. The van der Waals surface area contributed by atoms with Crippen LogP contribution in [0.5, 0.6) is 0 Å². The van der Waals surface area contributed by atoms with Crippen molar-refractivity contribution in [2.24, 2.45) is 17.6 Å². The van der Waals surface area contributed by atoms with E-state index in [1.54, 1.807) is 0 Å². The van der Waals surface area contributed by atoms with Gasteiger partial charge in [0, 0.05) is 19.4 Å². The second-order valence-corrected chi connectivity index (χ2v) is 5.40. The van der Waals surface area contributed by atoms with Gasteiger partial charge in [-0.1, -0.05) is 0 Å². The van der Waals surface area contributed by atoms with Crippen LogP contribution in [0, 0.1) is 11.8 Å². The molecule has 1 saturated carbocycles. The summed E-state index contributed by atoms with van der Waals surface area (Å²) in [6.07, 6.45) is -0.473. The summed E-state index contributed by atoms with van der Waals surface area (Å²) in [7, 11) is 0. The molecule has 0 unspecified atom stereocenters. The van der Waals surface area contributed by atoms with Gasteiger partial charge >= 0.3 is 6.18 Å². The fourth-order valence-corrected chi connectivity index (χ4v) is 2.52. The van der Waals surface area contributed by atoms with Crippen LogP contribution in [0.3, 0.4) is 0 Å². The van der Waals surface area contributed by atoms with Gasteiger partial charge in [-0.15, -0.1) is 0 Å². The molecule has 3 N–H and O–H groups in total. The fraction of sp³-hybridized carbons (Fsp3) is 0.923. The minimum Gasteiger partial charge on any atom is -0.356 e. The van der Waals surface area contributed by atoms with Crippen LogP contribution in [0.1, 0.15) is 44.9 Å². The summed E-state index contributed by atoms with van der Waals surface area (Å²) in [5, 5.41) is 2.56. The molecule has 1 aliphatic carbocycles. The monoisotopic (exact) mass is 280 g/mol. The predicted molar refractivity (Wildman–Crippen MR) is 67.4 cm³/mol. The topological polar surface area (TPSA) is 55.1 Å². The van der Waals surface area contributed by atoms with Crippen molar-refractivity contribution in [3.05, 3.63) is 0 Å². The van der Waals surface area contributed by atoms with E-state index in [-0.39, 0.29) is 18.9 Å². The summed E-state index contributed by atoms with van der Waals surface area (Å²) in [6.45, 7) is 0.812. The summed E-state index contributed by atoms with van der Waals surface area (Å²) in [6, 6.07) is 0. The van der Waals surface area contributed by atoms with Gasteiger partial charge in [0.05, 0.1) is 0 Å². The van der Waals surface area contributed by atoms with Gasteiger partial charge < -0.3 is 11.1 Å². The SMILES string of the molecule is NCC1CCC(CC(=O)NCCCC(F)(F)F)CC1. The minimum atomic E-state index is -4.13. The van der Waals surface area contributed by atoms with Crippen molar-refractivity contribution >= 4 is 5.91 Å². The zero-order valence-corrected chi connectivity index (χ0v) is 11.1. The zero-order chi connectivity index (χ0) is 14.3. The van der Waals surface area contributed by atoms with Crippen LogP contribution in [-0.2, 0) is 4.79 Å². The standard InChI is InChI=1S/C13H23F3N2O/c14-13(15,16)6-1-7-18-12(19)8-10-2-4-11(9-17)5-3-10/h10-11H,1-9,17H2,(H,18,19). The maximum Gasteiger partial charge on any atom is 0.389 e. The molecule has 112 valence electrons. The normalized spacial score (nSPS) is 24.2. The van der Waals surface area contributed by atoms with Crippen molar-refractivity contribution in [1.82, 2.24) is 5.32 Å². The van der Waals surface area contributed by atoms with Gasteiger partial charge in [0.25, 0.3) is 0 Å². The quantitative estimate of drug-likeness (QED) is 0.735. The minimum absolute atomic E-state index is 0.0465. The molecule has 1 amide bonds. The summed E-state index contributed by atoms with van der Waals surface area (Å²) in [5.74, 6) is 0.815. The van der Waals surface area contributed by atoms with Crippen LogP contribution in [0.4, 0.5) is 13.2 Å². The summed E-state index contributed by atoms with van der Waals surface area (Å²) in [5.41, 5.74) is 5.59. The van der Waals surface area contributed by atoms with Crippen molar-refractivity contribution in [1.29, 1.82) is 0 Å². The summed E-state index contributed by atoms with van der Waals surface area (Å²) >= 11 is 0. The highest BCUT2D eigenvalue weighted by atomic mass is 19.4. The van der Waals surface area contributed by atoms with Crippen molar-refractivity contribution in [3.8, 4) is 0 Å². The maximum absolute atomic E-state index is 11.9. The highest BCUT2D eigenvalue weighted by Crippen LogP contribution is 2.30. The lowest BCUT2D eigenvalue weighted by molar-refractivity contribution is -0.136. The van der Waals surface area contributed by atoms with E-state index in [4.69, 9.17) is 5.73 Å². The van der Waals surface area contributed by atoms with Gasteiger partial charge in [-0.05, 0) is 50.5 Å². The molecule has 0 radical (unpaired) electrons. The maximum atomic E-state index is 11.9. The number of carbonyl (C=O) groups excluding carboxylic acids is 1. The van der Waals surface area contributed by atoms with Crippen molar-refractivity contribution in [2.45, 2.75) is 51.1 Å². The molecule has 1 aliphatic rings. The molecule has 0 aliphatic heterocycles. The molecule has 0 spiro atoms. The first-order chi connectivity index (χ1) is 8.90. The molecule has 6 heteroatoms. The average Bonchev–Trinajstić information content (AvgIpc) is 2.34. The Balaban J connectivity index is 2.08. The van der Waals surface area contributed by atoms with Crippen molar-refractivity contribution in [2.75, 3.05) is 13.1 Å². The third kappa shape index (κ3) is 7.40. The summed E-state index contributed by atoms with van der Waals surface area (Å²) in [4.78, 5) is 11.6. The Kier molecular flexibility index (Phi) is 6.62. The van der Waals surface area contributed by atoms with E-state index >= 15 is 0 Å². The molecule has 1 fully saturated rings. The van der Waals surface area contributed by atoms with Crippen LogP contribution >= 0.6 is 0 Å². The molecule has 19 heavy (non-hydrogen) atoms. The van der Waals surface area contributed by atoms with Gasteiger partial charge in [0.1, 0.15) is 0 Å². The lowest BCUT2D eigenvalue weighted by Crippen LogP contribution is -2.29. The van der Waals surface area contributed by atoms with Crippen LogP contribution in [0.15, 0.2) is 0 Å². The van der Waals surface area contributed by atoms with Gasteiger partial charge in [0.15, 0.2) is 0 Å². The Labute approximate surface area is 112 Å². The number of amides is 1. The van der Waals surface area contributed by atoms with Crippen molar-refractivity contribution in [3.63, 3.8) is 0 Å². The first kappa shape index (κ1) is 16.3. The van der Waals surface area contributed by atoms with Gasteiger partial charge in [-0.25, -0.2) is 0 Å². The number of nitrogens with one attached hydrogen (secondary N) is 1. The van der Waals surface area contributed by atoms with Gasteiger partial charge in [0.2, 0.25) is 5.91 Å². The number of hydrogen-bond donors (Lipinski definition) is 2. The van der Waals surface area contributed by atoms with E-state index in [0.717, 1.165) is 25.7 Å². The third-order valence-electron chi connectivity index (χ3n) is 3.73. The van der Waals surface area contributed by atoms with E-state index in [1.807, 2.05) is 0 Å². The average molecular weight is 280 g/mol. The Morgan fingerprint density at radius 1 is 1.16 bits per heavy atom. The van der Waals surface area contributed by atoms with E-state index < -0.39 is 12.6 Å². The Morgan fingerprint density at radius 2 is 1.74 bits per heavy atom. The van der Waals surface area contributed by atoms with E-state index in [0.29, 0.717) is 24.8 Å². The predicted octanol–water partition coefficient (Wildman–Crippen LogP) is 2.60. The number of rotatable bonds is 6. The largest absolute Gasteiger partial charge is 0.389 e. The van der Waals surface area contributed by atoms with Gasteiger partial charge in [-0.3, -0.25) is 4.79 Å². The molecule has 0 aromatic carbocycles. The number of nitrogens with two attached hydrogens (primary N) is 1. The smallest absolute Gasteiger partial charge is 0.356 e. The van der Waals surface area contributed by atoms with E-state index in [2.05, 4.69) is 5.32 Å². The molecular formula is C13H23F3N2O. The van der Waals surface area contributed by atoms with Gasteiger partial charge in [-0.2, -0.15) is 13.2 Å². The number of alkyl halides is 3. The molecular weight excluding hydrogens is 257 g/mol. The van der Waals surface area contributed by atoms with Crippen molar-refractivity contribution < 1.29 is 18.0 Å². The van der Waals surface area contributed by atoms with E-state index in [1.165, 1.54) is 0 Å². The fourth-order valence-electron chi connectivity index (χ4n) is 2.52. The second kappa shape index (κ2) is 7.72. The molecule has 1 rings (SSSR count). The van der Waals surface area contributed by atoms with Crippen LogP contribution < -0.4 is 11.1 Å². The molecule has 0 atom stereocenters. The number of hydrogen-bond acceptors (Lipinski definition) is 2. The molecule has 3 nitrogen and oxygen atoms in total. The second-order valence-electron chi connectivity index (χ2n) is 5.40. The Hall–Kier alpha value is -0.780. The number of halogens is 3. The highest BCUT2D eigenvalue weighted by molar-refractivity contribution is 5.76. The molecule has 0 bridgehead atoms. The van der Waals surface area contributed by atoms with E-state index in [9.17, 15) is 18.0 Å². The molecule has 0 aromatic heterocycles. The zero-order valence-electron chi connectivity index (χ0n) is 11.1. The molecule has 0 heterocycles. The van der Waals surface area contributed by atoms with Crippen LogP contribution in [-0.4, -0.2) is 25.2 Å².